The van der Waals surface area contributed by atoms with E-state index >= 15 is 0 Å². The van der Waals surface area contributed by atoms with E-state index in [1.807, 2.05) is 0 Å². The minimum absolute atomic E-state index is 0.0193. The van der Waals surface area contributed by atoms with Crippen LogP contribution in [0.3, 0.4) is 0 Å². The number of carbonyl (C=O) groups excluding carboxylic acids is 1. The number of allylic oxidation sites excluding steroid dienone is 2. The Bertz CT molecular complexity index is 470. The fourth-order valence-corrected chi connectivity index (χ4v) is 5.25. The van der Waals surface area contributed by atoms with Crippen molar-refractivity contribution in [2.24, 2.45) is 0 Å². The van der Waals surface area contributed by atoms with Crippen molar-refractivity contribution in [3.05, 3.63) is 12.2 Å². The van der Waals surface area contributed by atoms with E-state index in [9.17, 15) is 4.79 Å². The SMILES string of the molecule is CCCCCCCC=CCCCCCCCCC(=O)OCCCCCCCCCCCCCCCCCC. The van der Waals surface area contributed by atoms with Crippen molar-refractivity contribution in [2.75, 3.05) is 6.61 Å². The van der Waals surface area contributed by atoms with Gasteiger partial charge in [-0.2, -0.15) is 0 Å². The summed E-state index contributed by atoms with van der Waals surface area (Å²) in [4.78, 5) is 11.9. The monoisotopic (exact) mass is 535 g/mol. The molecule has 0 aliphatic heterocycles. The maximum atomic E-state index is 11.9. The van der Waals surface area contributed by atoms with E-state index in [2.05, 4.69) is 26.0 Å². The molecule has 0 unspecified atom stereocenters. The Hall–Kier alpha value is -0.790. The lowest BCUT2D eigenvalue weighted by atomic mass is 10.0. The number of rotatable bonds is 32. The van der Waals surface area contributed by atoms with Crippen LogP contribution in [0.1, 0.15) is 206 Å². The zero-order chi connectivity index (χ0) is 27.6. The molecular weight excluding hydrogens is 464 g/mol. The number of esters is 1. The maximum Gasteiger partial charge on any atom is 0.305 e. The van der Waals surface area contributed by atoms with Crippen molar-refractivity contribution >= 4 is 5.97 Å². The molecule has 0 bridgehead atoms. The molecule has 0 atom stereocenters. The van der Waals surface area contributed by atoms with Crippen LogP contribution < -0.4 is 0 Å². The Balaban J connectivity index is 3.18. The van der Waals surface area contributed by atoms with Crippen LogP contribution in [0.2, 0.25) is 0 Å². The van der Waals surface area contributed by atoms with Gasteiger partial charge in [-0.25, -0.2) is 0 Å². The van der Waals surface area contributed by atoms with Gasteiger partial charge in [-0.1, -0.05) is 174 Å². The van der Waals surface area contributed by atoms with Crippen LogP contribution in [0.4, 0.5) is 0 Å². The van der Waals surface area contributed by atoms with Gasteiger partial charge in [0.25, 0.3) is 0 Å². The Morgan fingerprint density at radius 2 is 0.737 bits per heavy atom. The summed E-state index contributed by atoms with van der Waals surface area (Å²) in [5.74, 6) is 0.0193. The highest BCUT2D eigenvalue weighted by Gasteiger charge is 2.02. The van der Waals surface area contributed by atoms with Gasteiger partial charge in [0, 0.05) is 6.42 Å². The Labute approximate surface area is 240 Å². The molecule has 0 aromatic heterocycles. The van der Waals surface area contributed by atoms with Gasteiger partial charge in [-0.05, 0) is 38.5 Å². The van der Waals surface area contributed by atoms with Gasteiger partial charge >= 0.3 is 5.97 Å². The topological polar surface area (TPSA) is 26.3 Å². The first kappa shape index (κ1) is 37.2. The van der Waals surface area contributed by atoms with Gasteiger partial charge in [0.2, 0.25) is 0 Å². The molecule has 0 radical (unpaired) electrons. The number of ether oxygens (including phenoxy) is 1. The lowest BCUT2D eigenvalue weighted by molar-refractivity contribution is -0.143. The van der Waals surface area contributed by atoms with E-state index in [0.717, 1.165) is 12.8 Å². The predicted octanol–water partition coefficient (Wildman–Crippen LogP) is 12.8. The first-order valence-electron chi connectivity index (χ1n) is 17.6. The minimum atomic E-state index is 0.0193. The van der Waals surface area contributed by atoms with E-state index in [4.69, 9.17) is 4.74 Å². The summed E-state index contributed by atoms with van der Waals surface area (Å²) >= 11 is 0. The van der Waals surface area contributed by atoms with Gasteiger partial charge in [0.1, 0.15) is 0 Å². The minimum Gasteiger partial charge on any atom is -0.466 e. The Morgan fingerprint density at radius 3 is 1.13 bits per heavy atom. The molecular formula is C36H70O2. The van der Waals surface area contributed by atoms with Gasteiger partial charge in [0.15, 0.2) is 0 Å². The van der Waals surface area contributed by atoms with Crippen LogP contribution in [0, 0.1) is 0 Å². The molecule has 226 valence electrons. The number of unbranched alkanes of at least 4 members (excludes halogenated alkanes) is 26. The Kier molecular flexibility index (Phi) is 33.5. The molecule has 0 fully saturated rings. The van der Waals surface area contributed by atoms with Crippen LogP contribution in [-0.4, -0.2) is 12.6 Å². The van der Waals surface area contributed by atoms with E-state index in [1.165, 1.54) is 173 Å². The van der Waals surface area contributed by atoms with Crippen molar-refractivity contribution in [1.29, 1.82) is 0 Å². The molecule has 38 heavy (non-hydrogen) atoms. The van der Waals surface area contributed by atoms with Crippen molar-refractivity contribution in [3.63, 3.8) is 0 Å². The van der Waals surface area contributed by atoms with Gasteiger partial charge in [-0.3, -0.25) is 4.79 Å². The van der Waals surface area contributed by atoms with Gasteiger partial charge in [0.05, 0.1) is 6.61 Å². The van der Waals surface area contributed by atoms with Crippen molar-refractivity contribution in [3.8, 4) is 0 Å². The van der Waals surface area contributed by atoms with Crippen molar-refractivity contribution < 1.29 is 9.53 Å². The second kappa shape index (κ2) is 34.2. The summed E-state index contributed by atoms with van der Waals surface area (Å²) in [6.07, 6.45) is 44.1. The average molecular weight is 535 g/mol. The number of hydrogen-bond acceptors (Lipinski definition) is 2. The smallest absolute Gasteiger partial charge is 0.305 e. The Morgan fingerprint density at radius 1 is 0.421 bits per heavy atom. The third kappa shape index (κ3) is 33.2. The number of hydrogen-bond donors (Lipinski definition) is 0. The fraction of sp³-hybridized carbons (Fsp3) is 0.917. The van der Waals surface area contributed by atoms with Crippen molar-refractivity contribution in [1.82, 2.24) is 0 Å². The van der Waals surface area contributed by atoms with Crippen LogP contribution in [-0.2, 0) is 9.53 Å². The third-order valence-electron chi connectivity index (χ3n) is 7.90. The molecule has 0 rings (SSSR count). The first-order chi connectivity index (χ1) is 18.8. The van der Waals surface area contributed by atoms with E-state index in [0.29, 0.717) is 13.0 Å². The predicted molar refractivity (Wildman–Crippen MR) is 170 cm³/mol. The summed E-state index contributed by atoms with van der Waals surface area (Å²) in [6, 6.07) is 0. The molecule has 0 saturated heterocycles. The van der Waals surface area contributed by atoms with Gasteiger partial charge < -0.3 is 4.74 Å². The highest BCUT2D eigenvalue weighted by atomic mass is 16.5. The molecule has 2 heteroatoms. The molecule has 0 aliphatic rings. The second-order valence-corrected chi connectivity index (χ2v) is 11.9. The van der Waals surface area contributed by atoms with Crippen LogP contribution >= 0.6 is 0 Å². The van der Waals surface area contributed by atoms with Gasteiger partial charge in [-0.15, -0.1) is 0 Å². The fourth-order valence-electron chi connectivity index (χ4n) is 5.25. The third-order valence-corrected chi connectivity index (χ3v) is 7.90. The van der Waals surface area contributed by atoms with E-state index in [-0.39, 0.29) is 5.97 Å². The lowest BCUT2D eigenvalue weighted by Crippen LogP contribution is -2.05. The van der Waals surface area contributed by atoms with E-state index < -0.39 is 0 Å². The molecule has 0 N–H and O–H groups in total. The average Bonchev–Trinajstić information content (AvgIpc) is 2.92. The quantitative estimate of drug-likeness (QED) is 0.0487. The highest BCUT2D eigenvalue weighted by Crippen LogP contribution is 2.14. The molecule has 2 nitrogen and oxygen atoms in total. The van der Waals surface area contributed by atoms with Crippen molar-refractivity contribution in [2.45, 2.75) is 206 Å². The largest absolute Gasteiger partial charge is 0.466 e. The first-order valence-corrected chi connectivity index (χ1v) is 17.6. The summed E-state index contributed by atoms with van der Waals surface area (Å²) in [6.45, 7) is 5.19. The van der Waals surface area contributed by atoms with Crippen LogP contribution in [0.25, 0.3) is 0 Å². The molecule has 0 spiro atoms. The number of carbonyl (C=O) groups is 1. The lowest BCUT2D eigenvalue weighted by Gasteiger charge is -2.06. The molecule has 0 heterocycles. The maximum absolute atomic E-state index is 11.9. The molecule has 0 aromatic carbocycles. The molecule has 0 aromatic rings. The molecule has 0 saturated carbocycles. The summed E-state index contributed by atoms with van der Waals surface area (Å²) < 4.78 is 5.43. The second-order valence-electron chi connectivity index (χ2n) is 11.9. The summed E-state index contributed by atoms with van der Waals surface area (Å²) in [5, 5.41) is 0. The molecule has 0 amide bonds. The van der Waals surface area contributed by atoms with E-state index in [1.54, 1.807) is 0 Å². The summed E-state index contributed by atoms with van der Waals surface area (Å²) in [5.41, 5.74) is 0. The standard InChI is InChI=1S/C36H70O2/c1-3-5-7-9-11-13-15-17-19-21-23-25-27-29-31-33-35-38-36(37)34-32-30-28-26-24-22-20-18-16-14-12-10-8-6-4-2/h16,18H,3-15,17,19-35H2,1-2H3. The molecule has 0 aliphatic carbocycles. The zero-order valence-electron chi connectivity index (χ0n) is 26.4. The highest BCUT2D eigenvalue weighted by molar-refractivity contribution is 5.69. The zero-order valence-corrected chi connectivity index (χ0v) is 26.4. The normalized spacial score (nSPS) is 11.5. The summed E-state index contributed by atoms with van der Waals surface area (Å²) in [7, 11) is 0. The van der Waals surface area contributed by atoms with Crippen LogP contribution in [0.15, 0.2) is 12.2 Å². The van der Waals surface area contributed by atoms with Crippen LogP contribution in [0.5, 0.6) is 0 Å².